The molecule has 0 aromatic heterocycles. The molecule has 0 unspecified atom stereocenters. The van der Waals surface area contributed by atoms with E-state index in [1.54, 1.807) is 39.8 Å². The highest BCUT2D eigenvalue weighted by atomic mass is 16.6. The highest BCUT2D eigenvalue weighted by molar-refractivity contribution is 5.89. The summed E-state index contributed by atoms with van der Waals surface area (Å²) in [4.78, 5) is 37.2. The van der Waals surface area contributed by atoms with Crippen LogP contribution in [0.2, 0.25) is 0 Å². The number of hydrogen-bond donors (Lipinski definition) is 2. The first-order valence-electron chi connectivity index (χ1n) is 10.9. The predicted molar refractivity (Wildman–Crippen MR) is 127 cm³/mol. The molecule has 0 aliphatic heterocycles. The summed E-state index contributed by atoms with van der Waals surface area (Å²) in [6, 6.07) is 13.7. The van der Waals surface area contributed by atoms with Crippen molar-refractivity contribution in [3.05, 3.63) is 65.2 Å². The molecule has 0 saturated heterocycles. The topological polar surface area (TPSA) is 106 Å². The van der Waals surface area contributed by atoms with E-state index in [-0.39, 0.29) is 11.9 Å². The molecule has 0 spiro atoms. The van der Waals surface area contributed by atoms with E-state index in [1.807, 2.05) is 36.4 Å². The first kappa shape index (κ1) is 26.7. The lowest BCUT2D eigenvalue weighted by Crippen LogP contribution is -2.50. The smallest absolute Gasteiger partial charge is 0.410 e. The first-order chi connectivity index (χ1) is 16.0. The van der Waals surface area contributed by atoms with Crippen LogP contribution in [-0.4, -0.2) is 48.7 Å². The zero-order chi connectivity index (χ0) is 25.3. The summed E-state index contributed by atoms with van der Waals surface area (Å²) in [6.45, 7) is 7.68. The number of carbonyl (C=O) groups excluding carboxylic acids is 3. The van der Waals surface area contributed by atoms with Gasteiger partial charge in [0, 0.05) is 13.6 Å². The van der Waals surface area contributed by atoms with Crippen LogP contribution in [0.3, 0.4) is 0 Å². The van der Waals surface area contributed by atoms with E-state index in [9.17, 15) is 14.4 Å². The van der Waals surface area contributed by atoms with Crippen molar-refractivity contribution in [2.75, 3.05) is 14.2 Å². The first-order valence-corrected chi connectivity index (χ1v) is 10.9. The molecule has 0 aliphatic carbocycles. The number of amides is 2. The van der Waals surface area contributed by atoms with Gasteiger partial charge in [-0.1, -0.05) is 24.3 Å². The standard InChI is InChI=1S/C25H33N3O6/c1-17(28(5)24(31)34-25(2,3)4)22(29)27-26-15-18-9-13-21(14-10-18)33-16-19-7-11-20(12-8-19)23(30)32-6/h7-14,17,26H,15-16H2,1-6H3,(H,27,29)/t17-/m0/s1. The third-order valence-electron chi connectivity index (χ3n) is 4.85. The monoisotopic (exact) mass is 471 g/mol. The van der Waals surface area contributed by atoms with Crippen LogP contribution in [0.5, 0.6) is 5.75 Å². The second-order valence-corrected chi connectivity index (χ2v) is 8.73. The number of methoxy groups -OCH3 is 1. The molecular formula is C25H33N3O6. The molecule has 0 fully saturated rings. The lowest BCUT2D eigenvalue weighted by atomic mass is 10.1. The summed E-state index contributed by atoms with van der Waals surface area (Å²) >= 11 is 0. The fraction of sp³-hybridized carbons (Fsp3) is 0.400. The average Bonchev–Trinajstić information content (AvgIpc) is 2.81. The highest BCUT2D eigenvalue weighted by Gasteiger charge is 2.26. The van der Waals surface area contributed by atoms with Crippen LogP contribution in [0.1, 0.15) is 49.2 Å². The van der Waals surface area contributed by atoms with Gasteiger partial charge < -0.3 is 14.2 Å². The molecule has 2 rings (SSSR count). The second-order valence-electron chi connectivity index (χ2n) is 8.73. The number of hydrogen-bond acceptors (Lipinski definition) is 7. The number of carbonyl (C=O) groups is 3. The van der Waals surface area contributed by atoms with Crippen LogP contribution < -0.4 is 15.6 Å². The van der Waals surface area contributed by atoms with Crippen molar-refractivity contribution in [3.8, 4) is 5.75 Å². The van der Waals surface area contributed by atoms with Gasteiger partial charge in [-0.15, -0.1) is 0 Å². The molecule has 1 atom stereocenters. The quantitative estimate of drug-likeness (QED) is 0.426. The molecule has 184 valence electrons. The fourth-order valence-corrected chi connectivity index (χ4v) is 2.73. The molecule has 9 nitrogen and oxygen atoms in total. The molecule has 0 aliphatic rings. The van der Waals surface area contributed by atoms with Gasteiger partial charge in [-0.3, -0.25) is 15.1 Å². The van der Waals surface area contributed by atoms with Gasteiger partial charge in [-0.25, -0.2) is 15.0 Å². The molecule has 2 aromatic carbocycles. The minimum atomic E-state index is -0.709. The molecule has 0 saturated carbocycles. The van der Waals surface area contributed by atoms with Crippen molar-refractivity contribution in [1.82, 2.24) is 15.8 Å². The fourth-order valence-electron chi connectivity index (χ4n) is 2.73. The van der Waals surface area contributed by atoms with Crippen LogP contribution in [0, 0.1) is 0 Å². The maximum Gasteiger partial charge on any atom is 0.410 e. The molecule has 9 heteroatoms. The van der Waals surface area contributed by atoms with Crippen molar-refractivity contribution in [1.29, 1.82) is 0 Å². The number of ether oxygens (including phenoxy) is 3. The van der Waals surface area contributed by atoms with E-state index in [2.05, 4.69) is 15.6 Å². The van der Waals surface area contributed by atoms with E-state index in [0.29, 0.717) is 24.5 Å². The number of hydrazine groups is 1. The molecule has 2 amide bonds. The van der Waals surface area contributed by atoms with E-state index in [1.165, 1.54) is 19.1 Å². The Hall–Kier alpha value is -3.59. The third kappa shape index (κ3) is 8.40. The molecule has 0 bridgehead atoms. The lowest BCUT2D eigenvalue weighted by molar-refractivity contribution is -0.126. The zero-order valence-corrected chi connectivity index (χ0v) is 20.5. The largest absolute Gasteiger partial charge is 0.489 e. The van der Waals surface area contributed by atoms with Crippen LogP contribution in [0.25, 0.3) is 0 Å². The van der Waals surface area contributed by atoms with Crippen LogP contribution >= 0.6 is 0 Å². The second kappa shape index (κ2) is 12.0. The molecule has 0 heterocycles. The van der Waals surface area contributed by atoms with Crippen LogP contribution in [-0.2, 0) is 27.4 Å². The summed E-state index contributed by atoms with van der Waals surface area (Å²) in [5, 5.41) is 0. The molecule has 0 radical (unpaired) electrons. The number of nitrogens with one attached hydrogen (secondary N) is 2. The van der Waals surface area contributed by atoms with Gasteiger partial charge in [0.2, 0.25) is 0 Å². The Bertz CT molecular complexity index is 968. The number of benzene rings is 2. The predicted octanol–water partition coefficient (Wildman–Crippen LogP) is 3.43. The van der Waals surface area contributed by atoms with Crippen molar-refractivity contribution in [2.24, 2.45) is 0 Å². The van der Waals surface area contributed by atoms with Gasteiger partial charge in [-0.05, 0) is 63.1 Å². The number of nitrogens with zero attached hydrogens (tertiary/aromatic N) is 1. The maximum atomic E-state index is 12.3. The third-order valence-corrected chi connectivity index (χ3v) is 4.85. The highest BCUT2D eigenvalue weighted by Crippen LogP contribution is 2.15. The van der Waals surface area contributed by atoms with Gasteiger partial charge in [0.15, 0.2) is 0 Å². The van der Waals surface area contributed by atoms with Crippen molar-refractivity contribution < 1.29 is 28.6 Å². The van der Waals surface area contributed by atoms with Crippen molar-refractivity contribution in [3.63, 3.8) is 0 Å². The Labute approximate surface area is 200 Å². The molecular weight excluding hydrogens is 438 g/mol. The van der Waals surface area contributed by atoms with E-state index in [0.717, 1.165) is 11.1 Å². The Kier molecular flexibility index (Phi) is 9.44. The van der Waals surface area contributed by atoms with E-state index < -0.39 is 17.7 Å². The summed E-state index contributed by atoms with van der Waals surface area (Å²) in [5.74, 6) is -0.0404. The Morgan fingerprint density at radius 2 is 1.56 bits per heavy atom. The molecule has 34 heavy (non-hydrogen) atoms. The Balaban J connectivity index is 1.76. The Morgan fingerprint density at radius 1 is 0.971 bits per heavy atom. The van der Waals surface area contributed by atoms with Crippen molar-refractivity contribution in [2.45, 2.75) is 52.5 Å². The summed E-state index contributed by atoms with van der Waals surface area (Å²) in [7, 11) is 2.86. The Morgan fingerprint density at radius 3 is 2.12 bits per heavy atom. The normalized spacial score (nSPS) is 11.8. The van der Waals surface area contributed by atoms with Gasteiger partial charge in [0.05, 0.1) is 12.7 Å². The zero-order valence-electron chi connectivity index (χ0n) is 20.5. The van der Waals surface area contributed by atoms with E-state index in [4.69, 9.17) is 9.47 Å². The summed E-state index contributed by atoms with van der Waals surface area (Å²) in [5.41, 5.74) is 7.18. The molecule has 2 N–H and O–H groups in total. The summed E-state index contributed by atoms with van der Waals surface area (Å²) < 4.78 is 15.7. The van der Waals surface area contributed by atoms with Gasteiger partial charge in [-0.2, -0.15) is 0 Å². The minimum absolute atomic E-state index is 0.355. The number of esters is 1. The number of likely N-dealkylation sites (N-methyl/N-ethyl adjacent to an activating group) is 1. The minimum Gasteiger partial charge on any atom is -0.489 e. The van der Waals surface area contributed by atoms with Crippen LogP contribution in [0.15, 0.2) is 48.5 Å². The van der Waals surface area contributed by atoms with E-state index >= 15 is 0 Å². The lowest BCUT2D eigenvalue weighted by Gasteiger charge is -2.28. The maximum absolute atomic E-state index is 12.3. The van der Waals surface area contributed by atoms with Crippen LogP contribution in [0.4, 0.5) is 4.79 Å². The van der Waals surface area contributed by atoms with Crippen molar-refractivity contribution >= 4 is 18.0 Å². The van der Waals surface area contributed by atoms with Gasteiger partial charge in [0.25, 0.3) is 5.91 Å². The number of rotatable bonds is 9. The van der Waals surface area contributed by atoms with Gasteiger partial charge in [0.1, 0.15) is 24.0 Å². The molecule has 2 aromatic rings. The SMILES string of the molecule is COC(=O)c1ccc(COc2ccc(CNNC(=O)[C@H](C)N(C)C(=O)OC(C)(C)C)cc2)cc1. The summed E-state index contributed by atoms with van der Waals surface area (Å²) in [6.07, 6.45) is -0.565. The van der Waals surface area contributed by atoms with Gasteiger partial charge >= 0.3 is 12.1 Å². The average molecular weight is 472 g/mol.